The molecule has 5 nitrogen and oxygen atoms in total. The van der Waals surface area contributed by atoms with Gasteiger partial charge in [0.15, 0.2) is 0 Å². The van der Waals surface area contributed by atoms with Crippen LogP contribution in [0.5, 0.6) is 0 Å². The summed E-state index contributed by atoms with van der Waals surface area (Å²) in [6.07, 6.45) is -4.68. The molecule has 0 fully saturated rings. The molecule has 162 valence electrons. The van der Waals surface area contributed by atoms with Crippen LogP contribution in [-0.2, 0) is 19.3 Å². The van der Waals surface area contributed by atoms with Gasteiger partial charge in [-0.25, -0.2) is 4.98 Å². The first kappa shape index (κ1) is 21.3. The number of fused-ring (bicyclic) bond motifs is 1. The van der Waals surface area contributed by atoms with Crippen molar-refractivity contribution in [3.8, 4) is 0 Å². The summed E-state index contributed by atoms with van der Waals surface area (Å²) in [7, 11) is 0. The smallest absolute Gasteiger partial charge is 0.327 e. The number of nitrogens with one attached hydrogen (secondary N) is 1. The molecular weight excluding hydrogens is 419 g/mol. The maximum atomic E-state index is 13.5. The van der Waals surface area contributed by atoms with Gasteiger partial charge in [-0.2, -0.15) is 13.2 Å². The van der Waals surface area contributed by atoms with Gasteiger partial charge in [0.1, 0.15) is 5.82 Å². The van der Waals surface area contributed by atoms with Gasteiger partial charge in [0.2, 0.25) is 0 Å². The summed E-state index contributed by atoms with van der Waals surface area (Å²) < 4.78 is 40.6. The van der Waals surface area contributed by atoms with Crippen LogP contribution in [0.15, 0.2) is 83.7 Å². The highest BCUT2D eigenvalue weighted by Gasteiger charge is 2.36. The molecule has 0 unspecified atom stereocenters. The lowest BCUT2D eigenvalue weighted by atomic mass is 10.1. The Morgan fingerprint density at radius 3 is 2.28 bits per heavy atom. The maximum absolute atomic E-state index is 13.5. The standard InChI is InChI=1S/C24H18F3N3O2/c25-24(26,27)19-12-6-4-10-17(19)23(32)30(14-16-8-2-1-3-9-16)15-21-28-20-13-7-5-11-18(20)22(31)29-21/h1-13H,14-15H2,(H,28,29,31). The summed E-state index contributed by atoms with van der Waals surface area (Å²) in [5, 5.41) is 0.389. The number of nitrogens with zero attached hydrogens (tertiary/aromatic N) is 2. The molecule has 3 aromatic carbocycles. The van der Waals surface area contributed by atoms with Crippen LogP contribution in [-0.4, -0.2) is 20.8 Å². The summed E-state index contributed by atoms with van der Waals surface area (Å²) in [4.78, 5) is 34.0. The molecule has 1 amide bonds. The lowest BCUT2D eigenvalue weighted by Gasteiger charge is -2.24. The predicted molar refractivity (Wildman–Crippen MR) is 114 cm³/mol. The van der Waals surface area contributed by atoms with Crippen LogP contribution in [0.25, 0.3) is 10.9 Å². The summed E-state index contributed by atoms with van der Waals surface area (Å²) in [5.41, 5.74) is -0.682. The van der Waals surface area contributed by atoms with Crippen molar-refractivity contribution in [2.24, 2.45) is 0 Å². The molecule has 0 bridgehead atoms. The van der Waals surface area contributed by atoms with Crippen molar-refractivity contribution in [2.45, 2.75) is 19.3 Å². The highest BCUT2D eigenvalue weighted by Crippen LogP contribution is 2.32. The number of H-pyrrole nitrogens is 1. The maximum Gasteiger partial charge on any atom is 0.417 e. The minimum absolute atomic E-state index is 0.0440. The number of rotatable bonds is 5. The SMILES string of the molecule is O=C(c1ccccc1C(F)(F)F)N(Cc1ccccc1)Cc1nc2ccccc2c(=O)[nH]1. The summed E-state index contributed by atoms with van der Waals surface area (Å²) in [5.74, 6) is -0.625. The molecule has 1 aromatic heterocycles. The molecule has 4 aromatic rings. The number of para-hydroxylation sites is 1. The Kier molecular flexibility index (Phi) is 5.77. The van der Waals surface area contributed by atoms with E-state index in [1.165, 1.54) is 17.0 Å². The van der Waals surface area contributed by atoms with Gasteiger partial charge in [0.05, 0.1) is 28.6 Å². The lowest BCUT2D eigenvalue weighted by Crippen LogP contribution is -2.33. The molecule has 1 heterocycles. The van der Waals surface area contributed by atoms with Gasteiger partial charge >= 0.3 is 6.18 Å². The monoisotopic (exact) mass is 437 g/mol. The number of amides is 1. The molecule has 0 aliphatic rings. The van der Waals surface area contributed by atoms with Gasteiger partial charge in [0, 0.05) is 6.54 Å². The second-order valence-electron chi connectivity index (χ2n) is 7.22. The van der Waals surface area contributed by atoms with Crippen molar-refractivity contribution >= 4 is 16.8 Å². The molecule has 8 heteroatoms. The van der Waals surface area contributed by atoms with Gasteiger partial charge in [0.25, 0.3) is 11.5 Å². The van der Waals surface area contributed by atoms with Crippen molar-refractivity contribution in [3.63, 3.8) is 0 Å². The Hall–Kier alpha value is -3.94. The minimum atomic E-state index is -4.68. The average molecular weight is 437 g/mol. The fourth-order valence-corrected chi connectivity index (χ4v) is 3.48. The predicted octanol–water partition coefficient (Wildman–Crippen LogP) is 4.78. The third-order valence-electron chi connectivity index (χ3n) is 4.97. The Bertz CT molecular complexity index is 1320. The number of hydrogen-bond acceptors (Lipinski definition) is 3. The zero-order valence-electron chi connectivity index (χ0n) is 16.8. The number of halogens is 3. The number of hydrogen-bond donors (Lipinski definition) is 1. The molecule has 0 radical (unpaired) electrons. The van der Waals surface area contributed by atoms with Crippen molar-refractivity contribution in [3.05, 3.63) is 112 Å². The van der Waals surface area contributed by atoms with E-state index in [0.717, 1.165) is 17.7 Å². The van der Waals surface area contributed by atoms with Crippen LogP contribution in [0.2, 0.25) is 0 Å². The third-order valence-corrected chi connectivity index (χ3v) is 4.97. The van der Waals surface area contributed by atoms with E-state index in [1.54, 1.807) is 54.6 Å². The van der Waals surface area contributed by atoms with E-state index in [4.69, 9.17) is 0 Å². The molecule has 0 atom stereocenters. The molecule has 0 aliphatic heterocycles. The van der Waals surface area contributed by atoms with Gasteiger partial charge in [-0.15, -0.1) is 0 Å². The normalized spacial score (nSPS) is 11.5. The molecule has 4 rings (SSSR count). The quantitative estimate of drug-likeness (QED) is 0.489. The van der Waals surface area contributed by atoms with Crippen molar-refractivity contribution < 1.29 is 18.0 Å². The Labute approximate surface area is 181 Å². The Balaban J connectivity index is 1.75. The number of alkyl halides is 3. The zero-order valence-corrected chi connectivity index (χ0v) is 16.8. The molecule has 1 N–H and O–H groups in total. The Morgan fingerprint density at radius 2 is 1.53 bits per heavy atom. The van der Waals surface area contributed by atoms with Crippen molar-refractivity contribution in [1.82, 2.24) is 14.9 Å². The summed E-state index contributed by atoms with van der Waals surface area (Å²) >= 11 is 0. The van der Waals surface area contributed by atoms with Crippen LogP contribution < -0.4 is 5.56 Å². The highest BCUT2D eigenvalue weighted by atomic mass is 19.4. The van der Waals surface area contributed by atoms with Crippen molar-refractivity contribution in [1.29, 1.82) is 0 Å². The fourth-order valence-electron chi connectivity index (χ4n) is 3.48. The van der Waals surface area contributed by atoms with Crippen LogP contribution >= 0.6 is 0 Å². The Morgan fingerprint density at radius 1 is 0.875 bits per heavy atom. The zero-order chi connectivity index (χ0) is 22.7. The molecule has 32 heavy (non-hydrogen) atoms. The second kappa shape index (κ2) is 8.66. The van der Waals surface area contributed by atoms with E-state index in [1.807, 2.05) is 0 Å². The number of aromatic nitrogens is 2. The number of aromatic amines is 1. The van der Waals surface area contributed by atoms with E-state index in [-0.39, 0.29) is 24.5 Å². The lowest BCUT2D eigenvalue weighted by molar-refractivity contribution is -0.138. The van der Waals surface area contributed by atoms with E-state index >= 15 is 0 Å². The average Bonchev–Trinajstić information content (AvgIpc) is 2.78. The first-order chi connectivity index (χ1) is 15.3. The van der Waals surface area contributed by atoms with Gasteiger partial charge in [-0.05, 0) is 29.8 Å². The molecule has 0 aliphatic carbocycles. The van der Waals surface area contributed by atoms with E-state index in [2.05, 4.69) is 9.97 Å². The number of carbonyl (C=O) groups is 1. The molecule has 0 saturated heterocycles. The minimum Gasteiger partial charge on any atom is -0.327 e. The van der Waals surface area contributed by atoms with E-state index in [0.29, 0.717) is 10.9 Å². The van der Waals surface area contributed by atoms with Crippen LogP contribution in [0, 0.1) is 0 Å². The molecule has 0 saturated carbocycles. The third kappa shape index (κ3) is 4.54. The van der Waals surface area contributed by atoms with Crippen LogP contribution in [0.1, 0.15) is 27.3 Å². The second-order valence-corrected chi connectivity index (χ2v) is 7.22. The number of benzene rings is 3. The first-order valence-electron chi connectivity index (χ1n) is 9.80. The molecule has 0 spiro atoms. The fraction of sp³-hybridized carbons (Fsp3) is 0.125. The van der Waals surface area contributed by atoms with Crippen LogP contribution in [0.3, 0.4) is 0 Å². The van der Waals surface area contributed by atoms with Gasteiger partial charge < -0.3 is 9.88 Å². The molecular formula is C24H18F3N3O2. The first-order valence-corrected chi connectivity index (χ1v) is 9.80. The summed E-state index contributed by atoms with van der Waals surface area (Å²) in [6.45, 7) is -0.123. The number of carbonyl (C=O) groups excluding carboxylic acids is 1. The van der Waals surface area contributed by atoms with E-state index in [9.17, 15) is 22.8 Å². The van der Waals surface area contributed by atoms with Crippen molar-refractivity contribution in [2.75, 3.05) is 0 Å². The largest absolute Gasteiger partial charge is 0.417 e. The van der Waals surface area contributed by atoms with Crippen LogP contribution in [0.4, 0.5) is 13.2 Å². The highest BCUT2D eigenvalue weighted by molar-refractivity contribution is 5.95. The topological polar surface area (TPSA) is 66.1 Å². The summed E-state index contributed by atoms with van der Waals surface area (Å²) in [6, 6.07) is 20.3. The van der Waals surface area contributed by atoms with E-state index < -0.39 is 23.2 Å². The van der Waals surface area contributed by atoms with Gasteiger partial charge in [-0.3, -0.25) is 9.59 Å². The van der Waals surface area contributed by atoms with Gasteiger partial charge in [-0.1, -0.05) is 54.6 Å².